The minimum Gasteiger partial charge on any atom is -0.364 e. The topological polar surface area (TPSA) is 59.0 Å². The lowest BCUT2D eigenvalue weighted by Gasteiger charge is -1.91. The molecule has 0 aromatic carbocycles. The highest BCUT2D eigenvalue weighted by Gasteiger charge is 2.12. The van der Waals surface area contributed by atoms with E-state index >= 15 is 0 Å². The Morgan fingerprint density at radius 1 is 1.60 bits per heavy atom. The van der Waals surface area contributed by atoms with Gasteiger partial charge >= 0.3 is 0 Å². The van der Waals surface area contributed by atoms with Gasteiger partial charge in [-0.1, -0.05) is 0 Å². The number of anilines is 1. The number of rotatable bonds is 0. The van der Waals surface area contributed by atoms with Crippen molar-refractivity contribution in [3.8, 4) is 0 Å². The molecular weight excluding hydrogens is 130 g/mol. The second-order valence-corrected chi connectivity index (χ2v) is 2.06. The Labute approximate surface area is 57.3 Å². The van der Waals surface area contributed by atoms with Crippen molar-refractivity contribution >= 4 is 11.4 Å². The minimum atomic E-state index is -0.123. The molecule has 10 heavy (non-hydrogen) atoms. The van der Waals surface area contributed by atoms with Gasteiger partial charge in [0.05, 0.1) is 5.69 Å². The Hall–Kier alpha value is -1.45. The summed E-state index contributed by atoms with van der Waals surface area (Å²) in [6.45, 7) is 0.516. The maximum absolute atomic E-state index is 10.9. The van der Waals surface area contributed by atoms with Gasteiger partial charge in [0, 0.05) is 6.20 Å². The van der Waals surface area contributed by atoms with Crippen LogP contribution in [0.15, 0.2) is 17.1 Å². The maximum Gasteiger partial charge on any atom is 0.275 e. The highest BCUT2D eigenvalue weighted by molar-refractivity contribution is 5.66. The van der Waals surface area contributed by atoms with E-state index in [0.29, 0.717) is 12.4 Å². The fourth-order valence-electron chi connectivity index (χ4n) is 0.974. The Morgan fingerprint density at radius 2 is 2.50 bits per heavy atom. The van der Waals surface area contributed by atoms with Crippen molar-refractivity contribution in [2.75, 3.05) is 12.0 Å². The van der Waals surface area contributed by atoms with Crippen molar-refractivity contribution < 1.29 is 0 Å². The molecule has 1 aromatic heterocycles. The third kappa shape index (κ3) is 0.586. The van der Waals surface area contributed by atoms with Crippen LogP contribution in [0.4, 0.5) is 11.4 Å². The van der Waals surface area contributed by atoms with Crippen LogP contribution < -0.4 is 16.2 Å². The zero-order chi connectivity index (χ0) is 6.97. The van der Waals surface area contributed by atoms with Crippen LogP contribution in [0.2, 0.25) is 0 Å². The normalized spacial score (nSPS) is 13.6. The van der Waals surface area contributed by atoms with E-state index in [1.54, 1.807) is 12.3 Å². The van der Waals surface area contributed by atoms with Gasteiger partial charge in [0.2, 0.25) is 0 Å². The zero-order valence-corrected chi connectivity index (χ0v) is 5.22. The molecule has 51 valence electrons. The van der Waals surface area contributed by atoms with Gasteiger partial charge in [0.15, 0.2) is 0 Å². The molecule has 0 atom stereocenters. The number of pyridine rings is 1. The summed E-state index contributed by atoms with van der Waals surface area (Å²) in [5.74, 6) is 0. The number of nitrogens with zero attached hydrogens (tertiary/aromatic N) is 1. The second-order valence-electron chi connectivity index (χ2n) is 2.06. The monoisotopic (exact) mass is 136 g/mol. The molecule has 1 radical (unpaired) electrons. The first-order valence-electron chi connectivity index (χ1n) is 3.01. The summed E-state index contributed by atoms with van der Waals surface area (Å²) in [7, 11) is 0. The van der Waals surface area contributed by atoms with Gasteiger partial charge in [-0.15, -0.1) is 0 Å². The molecule has 4 heteroatoms. The van der Waals surface area contributed by atoms with Gasteiger partial charge in [-0.25, -0.2) is 0 Å². The Balaban J connectivity index is 2.70. The fourth-order valence-corrected chi connectivity index (χ4v) is 0.974. The minimum absolute atomic E-state index is 0.123. The first kappa shape index (κ1) is 5.34. The average Bonchev–Trinajstić information content (AvgIpc) is 2.36. The standard InChI is InChI=1S/C6H6N3O/c10-6-5-4(1-2-7-6)8-3-9-5/h1-2,8H,3H2,(H,7,10). The smallest absolute Gasteiger partial charge is 0.275 e. The van der Waals surface area contributed by atoms with E-state index in [1.807, 2.05) is 0 Å². The number of fused-ring (bicyclic) bond motifs is 1. The van der Waals surface area contributed by atoms with Crippen molar-refractivity contribution in [1.29, 1.82) is 0 Å². The van der Waals surface area contributed by atoms with E-state index in [2.05, 4.69) is 15.6 Å². The Morgan fingerprint density at radius 3 is 3.30 bits per heavy atom. The Bertz CT molecular complexity index is 304. The molecule has 2 N–H and O–H groups in total. The summed E-state index contributed by atoms with van der Waals surface area (Å²) in [6, 6.07) is 1.80. The molecule has 1 aromatic rings. The van der Waals surface area contributed by atoms with Gasteiger partial charge < -0.3 is 10.3 Å². The van der Waals surface area contributed by atoms with E-state index in [9.17, 15) is 4.79 Å². The average molecular weight is 136 g/mol. The summed E-state index contributed by atoms with van der Waals surface area (Å²) < 4.78 is 0. The van der Waals surface area contributed by atoms with E-state index in [-0.39, 0.29) is 5.56 Å². The predicted molar refractivity (Wildman–Crippen MR) is 37.3 cm³/mol. The summed E-state index contributed by atoms with van der Waals surface area (Å²) in [5.41, 5.74) is 1.22. The third-order valence-corrected chi connectivity index (χ3v) is 1.44. The van der Waals surface area contributed by atoms with Crippen molar-refractivity contribution in [3.63, 3.8) is 0 Å². The largest absolute Gasteiger partial charge is 0.364 e. The van der Waals surface area contributed by atoms with E-state index in [4.69, 9.17) is 0 Å². The maximum atomic E-state index is 10.9. The molecule has 0 saturated carbocycles. The van der Waals surface area contributed by atoms with Crippen molar-refractivity contribution in [3.05, 3.63) is 22.6 Å². The molecule has 0 bridgehead atoms. The summed E-state index contributed by atoms with van der Waals surface area (Å²) in [5, 5.41) is 6.90. The third-order valence-electron chi connectivity index (χ3n) is 1.44. The number of aromatic amines is 1. The summed E-state index contributed by atoms with van der Waals surface area (Å²) >= 11 is 0. The van der Waals surface area contributed by atoms with Gasteiger partial charge in [-0.3, -0.25) is 10.1 Å². The van der Waals surface area contributed by atoms with Crippen LogP contribution in [0, 0.1) is 0 Å². The Kier molecular flexibility index (Phi) is 0.943. The molecule has 0 saturated heterocycles. The fraction of sp³-hybridized carbons (Fsp3) is 0.167. The van der Waals surface area contributed by atoms with Crippen LogP contribution in [0.25, 0.3) is 0 Å². The number of hydrogen-bond donors (Lipinski definition) is 2. The first-order valence-corrected chi connectivity index (χ1v) is 3.01. The molecule has 0 aliphatic carbocycles. The lowest BCUT2D eigenvalue weighted by molar-refractivity contribution is 0.968. The highest BCUT2D eigenvalue weighted by atomic mass is 16.1. The number of nitrogens with one attached hydrogen (secondary N) is 2. The predicted octanol–water partition coefficient (Wildman–Crippen LogP) is -0.00620. The molecule has 4 nitrogen and oxygen atoms in total. The molecule has 0 spiro atoms. The van der Waals surface area contributed by atoms with Crippen LogP contribution in [-0.2, 0) is 0 Å². The summed E-state index contributed by atoms with van der Waals surface area (Å²) in [6.07, 6.45) is 1.61. The molecule has 2 rings (SSSR count). The van der Waals surface area contributed by atoms with Gasteiger partial charge in [-0.05, 0) is 6.07 Å². The van der Waals surface area contributed by atoms with Crippen LogP contribution in [-0.4, -0.2) is 11.7 Å². The quantitative estimate of drug-likeness (QED) is 0.527. The molecule has 1 aliphatic heterocycles. The lowest BCUT2D eigenvalue weighted by Crippen LogP contribution is -2.08. The number of hydrogen-bond acceptors (Lipinski definition) is 2. The van der Waals surface area contributed by atoms with Crippen molar-refractivity contribution in [1.82, 2.24) is 10.3 Å². The zero-order valence-electron chi connectivity index (χ0n) is 5.22. The van der Waals surface area contributed by atoms with Crippen LogP contribution in [0.3, 0.4) is 0 Å². The molecule has 0 amide bonds. The molecule has 2 heterocycles. The van der Waals surface area contributed by atoms with E-state index < -0.39 is 0 Å². The second kappa shape index (κ2) is 1.76. The van der Waals surface area contributed by atoms with Crippen molar-refractivity contribution in [2.45, 2.75) is 0 Å². The van der Waals surface area contributed by atoms with Gasteiger partial charge in [-0.2, -0.15) is 0 Å². The van der Waals surface area contributed by atoms with Crippen LogP contribution in [0.1, 0.15) is 0 Å². The number of H-pyrrole nitrogens is 1. The SMILES string of the molecule is O=c1[nH]ccc2c1[N]CN2. The first-order chi connectivity index (χ1) is 4.88. The molecule has 0 unspecified atom stereocenters. The van der Waals surface area contributed by atoms with E-state index in [0.717, 1.165) is 5.69 Å². The highest BCUT2D eigenvalue weighted by Crippen LogP contribution is 2.19. The summed E-state index contributed by atoms with van der Waals surface area (Å²) in [4.78, 5) is 13.5. The van der Waals surface area contributed by atoms with E-state index in [1.165, 1.54) is 0 Å². The molecular formula is C6H6N3O. The van der Waals surface area contributed by atoms with Gasteiger partial charge in [0.1, 0.15) is 12.4 Å². The molecule has 0 fully saturated rings. The lowest BCUT2D eigenvalue weighted by atomic mass is 10.4. The van der Waals surface area contributed by atoms with Crippen molar-refractivity contribution in [2.24, 2.45) is 0 Å². The number of aromatic nitrogens is 1. The molecule has 1 aliphatic rings. The van der Waals surface area contributed by atoms with Gasteiger partial charge in [0.25, 0.3) is 5.56 Å². The van der Waals surface area contributed by atoms with Crippen LogP contribution >= 0.6 is 0 Å². The van der Waals surface area contributed by atoms with Crippen LogP contribution in [0.5, 0.6) is 0 Å².